The first-order valence-electron chi connectivity index (χ1n) is 7.14. The molecule has 0 saturated carbocycles. The Bertz CT molecular complexity index is 456. The largest absolute Gasteiger partial charge is 0.479 e. The van der Waals surface area contributed by atoms with Crippen LogP contribution in [0, 0.1) is 0 Å². The fourth-order valence-electron chi connectivity index (χ4n) is 2.38. The molecule has 0 N–H and O–H groups in total. The van der Waals surface area contributed by atoms with Crippen molar-refractivity contribution in [3.63, 3.8) is 0 Å². The molecule has 0 amide bonds. The molecule has 1 unspecified atom stereocenters. The summed E-state index contributed by atoms with van der Waals surface area (Å²) in [6.45, 7) is 2.36. The van der Waals surface area contributed by atoms with Gasteiger partial charge in [0, 0.05) is 7.11 Å². The van der Waals surface area contributed by atoms with E-state index in [-0.39, 0.29) is 12.6 Å². The lowest BCUT2D eigenvalue weighted by atomic mass is 9.92. The minimum atomic E-state index is -0.603. The first kappa shape index (κ1) is 14.9. The first-order valence-corrected chi connectivity index (χ1v) is 7.14. The van der Waals surface area contributed by atoms with Crippen molar-refractivity contribution in [2.75, 3.05) is 20.3 Å². The van der Waals surface area contributed by atoms with Crippen LogP contribution in [0.3, 0.4) is 0 Å². The van der Waals surface area contributed by atoms with Gasteiger partial charge in [-0.1, -0.05) is 6.07 Å². The zero-order valence-corrected chi connectivity index (χ0v) is 12.2. The summed E-state index contributed by atoms with van der Waals surface area (Å²) >= 11 is 0. The summed E-state index contributed by atoms with van der Waals surface area (Å²) in [5.74, 6) is 0.376. The van der Waals surface area contributed by atoms with Crippen molar-refractivity contribution in [2.45, 2.75) is 38.7 Å². The van der Waals surface area contributed by atoms with E-state index in [1.165, 1.54) is 24.0 Å². The highest BCUT2D eigenvalue weighted by atomic mass is 16.6. The number of fused-ring (bicyclic) bond motifs is 1. The Morgan fingerprint density at radius 3 is 2.70 bits per heavy atom. The van der Waals surface area contributed by atoms with Crippen LogP contribution in [-0.4, -0.2) is 32.4 Å². The highest BCUT2D eigenvalue weighted by Crippen LogP contribution is 2.25. The van der Waals surface area contributed by atoms with Crippen LogP contribution in [0.25, 0.3) is 0 Å². The molecule has 4 heteroatoms. The van der Waals surface area contributed by atoms with Gasteiger partial charge in [0.05, 0.1) is 6.61 Å². The summed E-state index contributed by atoms with van der Waals surface area (Å²) < 4.78 is 15.5. The third-order valence-electron chi connectivity index (χ3n) is 3.50. The van der Waals surface area contributed by atoms with Crippen molar-refractivity contribution in [1.82, 2.24) is 0 Å². The van der Waals surface area contributed by atoms with E-state index in [2.05, 4.69) is 6.07 Å². The van der Waals surface area contributed by atoms with Gasteiger partial charge in [-0.15, -0.1) is 0 Å². The number of aryl methyl sites for hydroxylation is 2. The Labute approximate surface area is 120 Å². The number of benzene rings is 1. The smallest absolute Gasteiger partial charge is 0.347 e. The maximum Gasteiger partial charge on any atom is 0.347 e. The standard InChI is InChI=1S/C16H22O4/c1-12(16(17)19-10-9-18-2)20-15-8-7-13-5-3-4-6-14(13)11-15/h7-8,11-12H,3-6,9-10H2,1-2H3. The summed E-state index contributed by atoms with van der Waals surface area (Å²) in [7, 11) is 1.57. The van der Waals surface area contributed by atoms with Crippen molar-refractivity contribution in [3.05, 3.63) is 29.3 Å². The topological polar surface area (TPSA) is 44.8 Å². The predicted molar refractivity (Wildman–Crippen MR) is 76.0 cm³/mol. The van der Waals surface area contributed by atoms with E-state index >= 15 is 0 Å². The molecular weight excluding hydrogens is 256 g/mol. The van der Waals surface area contributed by atoms with E-state index in [0.717, 1.165) is 18.6 Å². The maximum atomic E-state index is 11.7. The van der Waals surface area contributed by atoms with Gasteiger partial charge < -0.3 is 14.2 Å². The number of methoxy groups -OCH3 is 1. The quantitative estimate of drug-likeness (QED) is 0.592. The number of rotatable bonds is 6. The molecule has 0 aromatic heterocycles. The third-order valence-corrected chi connectivity index (χ3v) is 3.50. The van der Waals surface area contributed by atoms with Gasteiger partial charge in [-0.05, 0) is 55.9 Å². The Morgan fingerprint density at radius 1 is 1.20 bits per heavy atom. The molecule has 110 valence electrons. The number of hydrogen-bond acceptors (Lipinski definition) is 4. The van der Waals surface area contributed by atoms with Crippen molar-refractivity contribution < 1.29 is 19.0 Å². The predicted octanol–water partition coefficient (Wildman–Crippen LogP) is 2.52. The minimum Gasteiger partial charge on any atom is -0.479 e. The number of carbonyl (C=O) groups excluding carboxylic acids is 1. The van der Waals surface area contributed by atoms with E-state index in [1.807, 2.05) is 12.1 Å². The van der Waals surface area contributed by atoms with E-state index in [0.29, 0.717) is 6.61 Å². The van der Waals surface area contributed by atoms with Crippen molar-refractivity contribution in [1.29, 1.82) is 0 Å². The van der Waals surface area contributed by atoms with E-state index < -0.39 is 6.10 Å². The van der Waals surface area contributed by atoms with Crippen LogP contribution < -0.4 is 4.74 Å². The molecule has 0 fully saturated rings. The summed E-state index contributed by atoms with van der Waals surface area (Å²) in [6, 6.07) is 6.09. The average molecular weight is 278 g/mol. The van der Waals surface area contributed by atoms with Gasteiger partial charge in [0.1, 0.15) is 12.4 Å². The van der Waals surface area contributed by atoms with Crippen molar-refractivity contribution in [3.8, 4) is 5.75 Å². The van der Waals surface area contributed by atoms with Crippen LogP contribution in [0.15, 0.2) is 18.2 Å². The number of ether oxygens (including phenoxy) is 3. The van der Waals surface area contributed by atoms with Crippen LogP contribution in [-0.2, 0) is 27.1 Å². The van der Waals surface area contributed by atoms with Gasteiger partial charge in [-0.3, -0.25) is 0 Å². The van der Waals surface area contributed by atoms with Gasteiger partial charge in [-0.25, -0.2) is 4.79 Å². The summed E-state index contributed by atoms with van der Waals surface area (Å²) in [5, 5.41) is 0. The van der Waals surface area contributed by atoms with Crippen LogP contribution in [0.5, 0.6) is 5.75 Å². The second-order valence-electron chi connectivity index (χ2n) is 5.06. The molecule has 1 aliphatic rings. The lowest BCUT2D eigenvalue weighted by Crippen LogP contribution is -2.27. The molecular formula is C16H22O4. The molecule has 1 aromatic rings. The molecule has 0 radical (unpaired) electrons. The summed E-state index contributed by atoms with van der Waals surface area (Å²) in [4.78, 5) is 11.7. The van der Waals surface area contributed by atoms with E-state index in [9.17, 15) is 4.79 Å². The summed E-state index contributed by atoms with van der Waals surface area (Å²) in [6.07, 6.45) is 4.12. The third kappa shape index (κ3) is 3.97. The Balaban J connectivity index is 1.90. The zero-order chi connectivity index (χ0) is 14.4. The number of esters is 1. The van der Waals surface area contributed by atoms with Crippen molar-refractivity contribution in [2.24, 2.45) is 0 Å². The molecule has 1 aliphatic carbocycles. The van der Waals surface area contributed by atoms with Gasteiger partial charge in [0.25, 0.3) is 0 Å². The zero-order valence-electron chi connectivity index (χ0n) is 12.2. The van der Waals surface area contributed by atoms with Crippen LogP contribution in [0.1, 0.15) is 30.9 Å². The van der Waals surface area contributed by atoms with Crippen LogP contribution >= 0.6 is 0 Å². The molecule has 1 aromatic carbocycles. The number of hydrogen-bond donors (Lipinski definition) is 0. The van der Waals surface area contributed by atoms with Crippen LogP contribution in [0.4, 0.5) is 0 Å². The van der Waals surface area contributed by atoms with Gasteiger partial charge in [0.15, 0.2) is 6.10 Å². The normalized spacial score (nSPS) is 15.3. The minimum absolute atomic E-state index is 0.257. The number of carbonyl (C=O) groups is 1. The molecule has 0 saturated heterocycles. The van der Waals surface area contributed by atoms with Gasteiger partial charge in [-0.2, -0.15) is 0 Å². The Hall–Kier alpha value is -1.55. The Morgan fingerprint density at radius 2 is 1.95 bits per heavy atom. The molecule has 0 heterocycles. The Kier molecular flexibility index (Phi) is 5.41. The van der Waals surface area contributed by atoms with E-state index in [4.69, 9.17) is 14.2 Å². The molecule has 4 nitrogen and oxygen atoms in total. The fraction of sp³-hybridized carbons (Fsp3) is 0.562. The highest BCUT2D eigenvalue weighted by Gasteiger charge is 2.17. The molecule has 20 heavy (non-hydrogen) atoms. The molecule has 0 aliphatic heterocycles. The van der Waals surface area contributed by atoms with Gasteiger partial charge in [0.2, 0.25) is 0 Å². The lowest BCUT2D eigenvalue weighted by Gasteiger charge is -2.18. The molecule has 0 spiro atoms. The van der Waals surface area contributed by atoms with Crippen LogP contribution in [0.2, 0.25) is 0 Å². The fourth-order valence-corrected chi connectivity index (χ4v) is 2.38. The summed E-state index contributed by atoms with van der Waals surface area (Å²) in [5.41, 5.74) is 2.74. The lowest BCUT2D eigenvalue weighted by molar-refractivity contribution is -0.152. The highest BCUT2D eigenvalue weighted by molar-refractivity contribution is 5.74. The second kappa shape index (κ2) is 7.29. The van der Waals surface area contributed by atoms with Crippen molar-refractivity contribution >= 4 is 5.97 Å². The SMILES string of the molecule is COCCOC(=O)C(C)Oc1ccc2c(c1)CCCC2. The second-order valence-corrected chi connectivity index (χ2v) is 5.06. The monoisotopic (exact) mass is 278 g/mol. The first-order chi connectivity index (χ1) is 9.70. The van der Waals surface area contributed by atoms with E-state index in [1.54, 1.807) is 14.0 Å². The molecule has 0 bridgehead atoms. The maximum absolute atomic E-state index is 11.7. The molecule has 1 atom stereocenters. The van der Waals surface area contributed by atoms with Gasteiger partial charge >= 0.3 is 5.97 Å². The molecule has 2 rings (SSSR count). The average Bonchev–Trinajstić information content (AvgIpc) is 2.47.